The van der Waals surface area contributed by atoms with Crippen molar-refractivity contribution in [1.29, 1.82) is 0 Å². The van der Waals surface area contributed by atoms with Crippen LogP contribution >= 0.6 is 0 Å². The standard InChI is InChI=1S/C19H23FN2O2/c1-13(2)24-17-8-6-5-7-16(17)21-18(23)22-19(3,4)14-9-11-15(20)12-10-14/h5-13H,1-4H3,(H2,21,22,23). The summed E-state index contributed by atoms with van der Waals surface area (Å²) in [5, 5.41) is 5.70. The van der Waals surface area contributed by atoms with E-state index in [1.54, 1.807) is 24.3 Å². The van der Waals surface area contributed by atoms with Gasteiger partial charge in [0.15, 0.2) is 0 Å². The lowest BCUT2D eigenvalue weighted by Crippen LogP contribution is -2.43. The van der Waals surface area contributed by atoms with Crippen LogP contribution in [-0.4, -0.2) is 12.1 Å². The summed E-state index contributed by atoms with van der Waals surface area (Å²) in [7, 11) is 0. The predicted molar refractivity (Wildman–Crippen MR) is 93.8 cm³/mol. The van der Waals surface area contributed by atoms with E-state index in [4.69, 9.17) is 4.74 Å². The van der Waals surface area contributed by atoms with Gasteiger partial charge in [-0.25, -0.2) is 9.18 Å². The van der Waals surface area contributed by atoms with Gasteiger partial charge in [-0.05, 0) is 57.5 Å². The van der Waals surface area contributed by atoms with Crippen LogP contribution in [0.2, 0.25) is 0 Å². The number of benzene rings is 2. The Labute approximate surface area is 142 Å². The molecular formula is C19H23FN2O2. The fourth-order valence-corrected chi connectivity index (χ4v) is 2.30. The summed E-state index contributed by atoms with van der Waals surface area (Å²) in [6.07, 6.45) is 0.00617. The van der Waals surface area contributed by atoms with Gasteiger partial charge >= 0.3 is 6.03 Å². The minimum absolute atomic E-state index is 0.00617. The Kier molecular flexibility index (Phi) is 5.44. The molecule has 0 heterocycles. The maximum atomic E-state index is 13.1. The van der Waals surface area contributed by atoms with Gasteiger partial charge in [-0.15, -0.1) is 0 Å². The SMILES string of the molecule is CC(C)Oc1ccccc1NC(=O)NC(C)(C)c1ccc(F)cc1. The quantitative estimate of drug-likeness (QED) is 0.837. The number of amides is 2. The number of carbonyl (C=O) groups excluding carboxylic acids is 1. The molecule has 0 radical (unpaired) electrons. The number of rotatable bonds is 5. The average Bonchev–Trinajstić information content (AvgIpc) is 2.48. The Bertz CT molecular complexity index is 697. The smallest absolute Gasteiger partial charge is 0.320 e. The van der Waals surface area contributed by atoms with Crippen molar-refractivity contribution in [2.75, 3.05) is 5.32 Å². The molecule has 128 valence electrons. The van der Waals surface area contributed by atoms with Crippen LogP contribution in [0.15, 0.2) is 48.5 Å². The molecule has 0 saturated heterocycles. The van der Waals surface area contributed by atoms with E-state index in [1.165, 1.54) is 12.1 Å². The fraction of sp³-hybridized carbons (Fsp3) is 0.316. The lowest BCUT2D eigenvalue weighted by molar-refractivity contribution is 0.238. The number of carbonyl (C=O) groups is 1. The summed E-state index contributed by atoms with van der Waals surface area (Å²) < 4.78 is 18.7. The lowest BCUT2D eigenvalue weighted by atomic mass is 9.94. The summed E-state index contributed by atoms with van der Waals surface area (Å²) >= 11 is 0. The maximum absolute atomic E-state index is 13.1. The Hall–Kier alpha value is -2.56. The first-order valence-electron chi connectivity index (χ1n) is 7.89. The molecule has 2 N–H and O–H groups in total. The molecule has 0 aliphatic carbocycles. The molecule has 0 aromatic heterocycles. The van der Waals surface area contributed by atoms with Gasteiger partial charge in [-0.1, -0.05) is 24.3 Å². The van der Waals surface area contributed by atoms with Crippen LogP contribution < -0.4 is 15.4 Å². The molecule has 2 rings (SSSR count). The lowest BCUT2D eigenvalue weighted by Gasteiger charge is -2.27. The zero-order chi connectivity index (χ0) is 17.7. The molecule has 2 amide bonds. The first-order chi connectivity index (χ1) is 11.3. The summed E-state index contributed by atoms with van der Waals surface area (Å²) in [6.45, 7) is 7.57. The van der Waals surface area contributed by atoms with Gasteiger partial charge in [0.25, 0.3) is 0 Å². The van der Waals surface area contributed by atoms with Gasteiger partial charge in [0.05, 0.1) is 17.3 Å². The highest BCUT2D eigenvalue weighted by Gasteiger charge is 2.23. The van der Waals surface area contributed by atoms with Crippen molar-refractivity contribution >= 4 is 11.7 Å². The summed E-state index contributed by atoms with van der Waals surface area (Å²) in [6, 6.07) is 13.0. The van der Waals surface area contributed by atoms with Crippen LogP contribution in [-0.2, 0) is 5.54 Å². The summed E-state index contributed by atoms with van der Waals surface area (Å²) in [5.74, 6) is 0.306. The minimum atomic E-state index is -0.647. The Morgan fingerprint density at radius 3 is 2.33 bits per heavy atom. The molecule has 2 aromatic carbocycles. The largest absolute Gasteiger partial charge is 0.489 e. The van der Waals surface area contributed by atoms with Crippen molar-refractivity contribution in [3.05, 3.63) is 59.9 Å². The van der Waals surface area contributed by atoms with Crippen LogP contribution in [0.25, 0.3) is 0 Å². The van der Waals surface area contributed by atoms with Crippen LogP contribution in [0.4, 0.5) is 14.9 Å². The molecule has 0 saturated carbocycles. The maximum Gasteiger partial charge on any atom is 0.320 e. The minimum Gasteiger partial charge on any atom is -0.489 e. The number of urea groups is 1. The molecule has 24 heavy (non-hydrogen) atoms. The van der Waals surface area contributed by atoms with Gasteiger partial charge in [0.2, 0.25) is 0 Å². The van der Waals surface area contributed by atoms with Gasteiger partial charge in [0.1, 0.15) is 11.6 Å². The zero-order valence-electron chi connectivity index (χ0n) is 14.4. The normalized spacial score (nSPS) is 11.2. The molecule has 0 aliphatic heterocycles. The number of hydrogen-bond donors (Lipinski definition) is 2. The molecule has 0 aliphatic rings. The summed E-state index contributed by atoms with van der Waals surface area (Å²) in [4.78, 5) is 12.4. The third-order valence-corrected chi connectivity index (χ3v) is 3.49. The fourth-order valence-electron chi connectivity index (χ4n) is 2.30. The number of nitrogens with one attached hydrogen (secondary N) is 2. The van der Waals surface area contributed by atoms with Crippen molar-refractivity contribution in [3.63, 3.8) is 0 Å². The molecule has 0 spiro atoms. The number of anilines is 1. The third kappa shape index (κ3) is 4.72. The van der Waals surface area contributed by atoms with Gasteiger partial charge in [-0.2, -0.15) is 0 Å². The average molecular weight is 330 g/mol. The van der Waals surface area contributed by atoms with Crippen LogP contribution in [0.1, 0.15) is 33.3 Å². The molecular weight excluding hydrogens is 307 g/mol. The number of para-hydroxylation sites is 2. The zero-order valence-corrected chi connectivity index (χ0v) is 14.4. The predicted octanol–water partition coefficient (Wildman–Crippen LogP) is 4.67. The van der Waals surface area contributed by atoms with Crippen LogP contribution in [0, 0.1) is 5.82 Å². The second-order valence-electron chi connectivity index (χ2n) is 6.37. The monoisotopic (exact) mass is 330 g/mol. The Balaban J connectivity index is 2.09. The molecule has 5 heteroatoms. The van der Waals surface area contributed by atoms with Crippen molar-refractivity contribution < 1.29 is 13.9 Å². The van der Waals surface area contributed by atoms with Crippen LogP contribution in [0.5, 0.6) is 5.75 Å². The van der Waals surface area contributed by atoms with E-state index in [-0.39, 0.29) is 18.0 Å². The van der Waals surface area contributed by atoms with E-state index in [9.17, 15) is 9.18 Å². The van der Waals surface area contributed by atoms with Crippen LogP contribution in [0.3, 0.4) is 0 Å². The summed E-state index contributed by atoms with van der Waals surface area (Å²) in [5.41, 5.74) is 0.760. The topological polar surface area (TPSA) is 50.4 Å². The number of halogens is 1. The van der Waals surface area contributed by atoms with E-state index in [0.717, 1.165) is 5.56 Å². The second kappa shape index (κ2) is 7.34. The van der Waals surface area contributed by atoms with Gasteiger partial charge in [0, 0.05) is 0 Å². The van der Waals surface area contributed by atoms with E-state index in [2.05, 4.69) is 10.6 Å². The van der Waals surface area contributed by atoms with Crippen molar-refractivity contribution in [2.24, 2.45) is 0 Å². The van der Waals surface area contributed by atoms with E-state index in [1.807, 2.05) is 39.8 Å². The second-order valence-corrected chi connectivity index (χ2v) is 6.37. The highest BCUT2D eigenvalue weighted by Crippen LogP contribution is 2.26. The third-order valence-electron chi connectivity index (χ3n) is 3.49. The number of hydrogen-bond acceptors (Lipinski definition) is 2. The van der Waals surface area contributed by atoms with E-state index < -0.39 is 5.54 Å². The Morgan fingerprint density at radius 1 is 1.08 bits per heavy atom. The molecule has 0 bridgehead atoms. The molecule has 0 fully saturated rings. The highest BCUT2D eigenvalue weighted by atomic mass is 19.1. The van der Waals surface area contributed by atoms with Crippen molar-refractivity contribution in [3.8, 4) is 5.75 Å². The number of ether oxygens (including phenoxy) is 1. The van der Waals surface area contributed by atoms with Gasteiger partial charge < -0.3 is 15.4 Å². The van der Waals surface area contributed by atoms with E-state index in [0.29, 0.717) is 11.4 Å². The molecule has 0 atom stereocenters. The first kappa shape index (κ1) is 17.8. The van der Waals surface area contributed by atoms with E-state index >= 15 is 0 Å². The Morgan fingerprint density at radius 2 is 1.71 bits per heavy atom. The van der Waals surface area contributed by atoms with Gasteiger partial charge in [-0.3, -0.25) is 0 Å². The van der Waals surface area contributed by atoms with Crippen molar-refractivity contribution in [2.45, 2.75) is 39.3 Å². The molecule has 2 aromatic rings. The van der Waals surface area contributed by atoms with Crippen molar-refractivity contribution in [1.82, 2.24) is 5.32 Å². The molecule has 0 unspecified atom stereocenters. The molecule has 4 nitrogen and oxygen atoms in total. The first-order valence-corrected chi connectivity index (χ1v) is 7.89. The highest BCUT2D eigenvalue weighted by molar-refractivity contribution is 5.91.